The third kappa shape index (κ3) is 3.75. The Labute approximate surface area is 111 Å². The van der Waals surface area contributed by atoms with Crippen LogP contribution >= 0.6 is 0 Å². The zero-order valence-electron chi connectivity index (χ0n) is 10.8. The summed E-state index contributed by atoms with van der Waals surface area (Å²) >= 11 is 0. The molecule has 1 aliphatic rings. The second-order valence-electron chi connectivity index (χ2n) is 4.76. The Morgan fingerprint density at radius 2 is 2.21 bits per heavy atom. The summed E-state index contributed by atoms with van der Waals surface area (Å²) in [5.41, 5.74) is 1.60. The van der Waals surface area contributed by atoms with Crippen LogP contribution in [0.1, 0.15) is 24.0 Å². The summed E-state index contributed by atoms with van der Waals surface area (Å²) in [5.74, 6) is -0.0226. The number of nitro benzene ring substituents is 1. The fraction of sp³-hybridized carbons (Fsp3) is 0.462. The van der Waals surface area contributed by atoms with Gasteiger partial charge in [0.1, 0.15) is 0 Å². The molecule has 0 radical (unpaired) electrons. The van der Waals surface area contributed by atoms with Crippen molar-refractivity contribution in [1.82, 2.24) is 10.6 Å². The molecule has 1 aromatic rings. The number of nitrogens with zero attached hydrogens (tertiary/aromatic N) is 1. The third-order valence-corrected chi connectivity index (χ3v) is 3.16. The molecule has 0 aromatic heterocycles. The van der Waals surface area contributed by atoms with Crippen LogP contribution in [-0.2, 0) is 11.3 Å². The molecule has 102 valence electrons. The number of rotatable bonds is 6. The van der Waals surface area contributed by atoms with Gasteiger partial charge in [-0.15, -0.1) is 0 Å². The summed E-state index contributed by atoms with van der Waals surface area (Å²) in [5, 5.41) is 16.7. The van der Waals surface area contributed by atoms with E-state index in [1.165, 1.54) is 6.07 Å². The Bertz CT molecular complexity index is 498. The zero-order chi connectivity index (χ0) is 13.8. The van der Waals surface area contributed by atoms with Crippen LogP contribution in [0.15, 0.2) is 18.2 Å². The minimum atomic E-state index is -0.390. The minimum absolute atomic E-state index is 0.0226. The molecule has 0 saturated heterocycles. The number of nitrogens with one attached hydrogen (secondary N) is 2. The molecule has 1 fully saturated rings. The standard InChI is InChI=1S/C13H17N3O3/c1-9-10(3-2-4-12(9)16(18)19)7-14-8-13(17)15-11-5-6-11/h2-4,11,14H,5-8H2,1H3,(H,15,17). The first-order valence-electron chi connectivity index (χ1n) is 6.31. The lowest BCUT2D eigenvalue weighted by Crippen LogP contribution is -2.34. The van der Waals surface area contributed by atoms with E-state index >= 15 is 0 Å². The molecular formula is C13H17N3O3. The molecule has 0 unspecified atom stereocenters. The normalized spacial score (nSPS) is 14.2. The second-order valence-corrected chi connectivity index (χ2v) is 4.76. The molecule has 0 atom stereocenters. The lowest BCUT2D eigenvalue weighted by Gasteiger charge is -2.08. The zero-order valence-corrected chi connectivity index (χ0v) is 10.8. The van der Waals surface area contributed by atoms with Crippen molar-refractivity contribution in [2.45, 2.75) is 32.4 Å². The maximum absolute atomic E-state index is 11.5. The van der Waals surface area contributed by atoms with Crippen molar-refractivity contribution in [2.24, 2.45) is 0 Å². The molecule has 6 heteroatoms. The van der Waals surface area contributed by atoms with Crippen molar-refractivity contribution < 1.29 is 9.72 Å². The van der Waals surface area contributed by atoms with Crippen LogP contribution in [-0.4, -0.2) is 23.4 Å². The largest absolute Gasteiger partial charge is 0.352 e. The lowest BCUT2D eigenvalue weighted by atomic mass is 10.1. The predicted octanol–water partition coefficient (Wildman–Crippen LogP) is 1.27. The van der Waals surface area contributed by atoms with E-state index in [1.807, 2.05) is 6.07 Å². The predicted molar refractivity (Wildman–Crippen MR) is 70.7 cm³/mol. The monoisotopic (exact) mass is 263 g/mol. The molecule has 0 heterocycles. The van der Waals surface area contributed by atoms with E-state index in [1.54, 1.807) is 13.0 Å². The van der Waals surface area contributed by atoms with E-state index in [2.05, 4.69) is 10.6 Å². The van der Waals surface area contributed by atoms with Crippen molar-refractivity contribution in [3.05, 3.63) is 39.4 Å². The van der Waals surface area contributed by atoms with E-state index in [9.17, 15) is 14.9 Å². The molecule has 1 aromatic carbocycles. The Kier molecular flexibility index (Phi) is 4.11. The number of amides is 1. The lowest BCUT2D eigenvalue weighted by molar-refractivity contribution is -0.385. The molecule has 1 saturated carbocycles. The fourth-order valence-corrected chi connectivity index (χ4v) is 1.88. The first kappa shape index (κ1) is 13.5. The van der Waals surface area contributed by atoms with Gasteiger partial charge in [-0.1, -0.05) is 12.1 Å². The Balaban J connectivity index is 1.86. The first-order valence-corrected chi connectivity index (χ1v) is 6.31. The van der Waals surface area contributed by atoms with Crippen LogP contribution in [0.3, 0.4) is 0 Å². The molecule has 0 aliphatic heterocycles. The molecule has 0 spiro atoms. The van der Waals surface area contributed by atoms with E-state index in [4.69, 9.17) is 0 Å². The van der Waals surface area contributed by atoms with Gasteiger partial charge in [0.15, 0.2) is 0 Å². The van der Waals surface area contributed by atoms with Gasteiger partial charge >= 0.3 is 0 Å². The third-order valence-electron chi connectivity index (χ3n) is 3.16. The summed E-state index contributed by atoms with van der Waals surface area (Å²) in [7, 11) is 0. The second kappa shape index (κ2) is 5.79. The quantitative estimate of drug-likeness (QED) is 0.598. The summed E-state index contributed by atoms with van der Waals surface area (Å²) < 4.78 is 0. The first-order chi connectivity index (χ1) is 9.08. The molecule has 2 N–H and O–H groups in total. The van der Waals surface area contributed by atoms with Gasteiger partial charge in [0.2, 0.25) is 5.91 Å². The average Bonchev–Trinajstić information content (AvgIpc) is 3.14. The smallest absolute Gasteiger partial charge is 0.272 e. The Morgan fingerprint density at radius 1 is 1.47 bits per heavy atom. The Morgan fingerprint density at radius 3 is 2.84 bits per heavy atom. The fourth-order valence-electron chi connectivity index (χ4n) is 1.88. The van der Waals surface area contributed by atoms with Crippen molar-refractivity contribution in [1.29, 1.82) is 0 Å². The molecule has 1 aliphatic carbocycles. The van der Waals surface area contributed by atoms with E-state index < -0.39 is 4.92 Å². The van der Waals surface area contributed by atoms with Gasteiger partial charge in [-0.25, -0.2) is 0 Å². The van der Waals surface area contributed by atoms with Crippen LogP contribution in [0.25, 0.3) is 0 Å². The van der Waals surface area contributed by atoms with Crippen LogP contribution < -0.4 is 10.6 Å². The molecule has 6 nitrogen and oxygen atoms in total. The van der Waals surface area contributed by atoms with Crippen LogP contribution in [0.4, 0.5) is 5.69 Å². The molecule has 19 heavy (non-hydrogen) atoms. The number of benzene rings is 1. The number of hydrogen-bond donors (Lipinski definition) is 2. The summed E-state index contributed by atoms with van der Waals surface area (Å²) in [6.07, 6.45) is 2.13. The highest BCUT2D eigenvalue weighted by Gasteiger charge is 2.22. The highest BCUT2D eigenvalue weighted by atomic mass is 16.6. The number of carbonyl (C=O) groups is 1. The van der Waals surface area contributed by atoms with Gasteiger partial charge in [-0.2, -0.15) is 0 Å². The molecular weight excluding hydrogens is 246 g/mol. The molecule has 0 bridgehead atoms. The van der Waals surface area contributed by atoms with Crippen LogP contribution in [0, 0.1) is 17.0 Å². The number of carbonyl (C=O) groups excluding carboxylic acids is 1. The van der Waals surface area contributed by atoms with Crippen molar-refractivity contribution in [3.63, 3.8) is 0 Å². The maximum Gasteiger partial charge on any atom is 0.272 e. The van der Waals surface area contributed by atoms with Gasteiger partial charge in [0.05, 0.1) is 11.5 Å². The summed E-state index contributed by atoms with van der Waals surface area (Å²) in [4.78, 5) is 21.9. The minimum Gasteiger partial charge on any atom is -0.352 e. The SMILES string of the molecule is Cc1c(CNCC(=O)NC2CC2)cccc1[N+](=O)[O-]. The Hall–Kier alpha value is -1.95. The highest BCUT2D eigenvalue weighted by molar-refractivity contribution is 5.78. The number of hydrogen-bond acceptors (Lipinski definition) is 4. The van der Waals surface area contributed by atoms with Gasteiger partial charge in [-0.05, 0) is 25.3 Å². The van der Waals surface area contributed by atoms with E-state index in [-0.39, 0.29) is 18.1 Å². The highest BCUT2D eigenvalue weighted by Crippen LogP contribution is 2.21. The molecule has 1 amide bonds. The number of nitro groups is 1. The summed E-state index contributed by atoms with van der Waals surface area (Å²) in [6, 6.07) is 5.33. The van der Waals surface area contributed by atoms with E-state index in [0.29, 0.717) is 18.2 Å². The maximum atomic E-state index is 11.5. The van der Waals surface area contributed by atoms with Gasteiger partial charge in [0.25, 0.3) is 5.69 Å². The molecule has 2 rings (SSSR count). The van der Waals surface area contributed by atoms with Gasteiger partial charge in [-0.3, -0.25) is 14.9 Å². The van der Waals surface area contributed by atoms with Crippen molar-refractivity contribution >= 4 is 11.6 Å². The van der Waals surface area contributed by atoms with Crippen LogP contribution in [0.5, 0.6) is 0 Å². The van der Waals surface area contributed by atoms with E-state index in [0.717, 1.165) is 18.4 Å². The van der Waals surface area contributed by atoms with Crippen molar-refractivity contribution in [2.75, 3.05) is 6.54 Å². The van der Waals surface area contributed by atoms with Gasteiger partial charge in [0, 0.05) is 24.2 Å². The topological polar surface area (TPSA) is 84.3 Å². The van der Waals surface area contributed by atoms with Crippen LogP contribution in [0.2, 0.25) is 0 Å². The average molecular weight is 263 g/mol. The summed E-state index contributed by atoms with van der Waals surface area (Å²) in [6.45, 7) is 2.41. The van der Waals surface area contributed by atoms with Crippen molar-refractivity contribution in [3.8, 4) is 0 Å². The van der Waals surface area contributed by atoms with Gasteiger partial charge < -0.3 is 10.6 Å².